The number of carbonyl (C=O) groups excluding carboxylic acids is 1. The number of hydrogen-bond donors (Lipinski definition) is 1. The molecule has 0 heterocycles. The molecule has 1 aliphatic rings. The molecule has 0 spiro atoms. The molecule has 6 heteroatoms. The van der Waals surface area contributed by atoms with Crippen LogP contribution in [0.5, 0.6) is 0 Å². The summed E-state index contributed by atoms with van der Waals surface area (Å²) in [7, 11) is -3.25. The molecule has 100 valence electrons. The minimum absolute atomic E-state index is 0.264. The quantitative estimate of drug-likeness (QED) is 0.796. The van der Waals surface area contributed by atoms with Crippen LogP contribution in [-0.2, 0) is 14.6 Å². The molecule has 17 heavy (non-hydrogen) atoms. The largest absolute Gasteiger partial charge is 0.349 e. The second kappa shape index (κ2) is 5.69. The molecule has 1 fully saturated rings. The lowest BCUT2D eigenvalue weighted by Gasteiger charge is -2.39. The van der Waals surface area contributed by atoms with Crippen LogP contribution >= 0.6 is 15.9 Å². The molecule has 2 unspecified atom stereocenters. The fourth-order valence-electron chi connectivity index (χ4n) is 2.50. The monoisotopic (exact) mass is 325 g/mol. The highest BCUT2D eigenvalue weighted by Crippen LogP contribution is 2.33. The van der Waals surface area contributed by atoms with Gasteiger partial charge in [-0.25, -0.2) is 8.42 Å². The van der Waals surface area contributed by atoms with E-state index in [4.69, 9.17) is 0 Å². The predicted octanol–water partition coefficient (Wildman–Crippen LogP) is 1.49. The number of nitrogens with one attached hydrogen (secondary N) is 1. The van der Waals surface area contributed by atoms with E-state index in [1.807, 2.05) is 0 Å². The van der Waals surface area contributed by atoms with Crippen LogP contribution in [-0.4, -0.2) is 37.2 Å². The van der Waals surface area contributed by atoms with Gasteiger partial charge in [-0.3, -0.25) is 4.79 Å². The average Bonchev–Trinajstić information content (AvgIpc) is 2.14. The fraction of sp³-hybridized carbons (Fsp3) is 0.909. The van der Waals surface area contributed by atoms with E-state index in [9.17, 15) is 13.2 Å². The molecular weight excluding hydrogens is 306 g/mol. The van der Waals surface area contributed by atoms with Crippen molar-refractivity contribution in [3.05, 3.63) is 0 Å². The third-order valence-corrected chi connectivity index (χ3v) is 5.01. The highest BCUT2D eigenvalue weighted by atomic mass is 79.9. The van der Waals surface area contributed by atoms with Crippen LogP contribution < -0.4 is 5.32 Å². The maximum Gasteiger partial charge on any atom is 0.235 e. The Kier molecular flexibility index (Phi) is 5.01. The van der Waals surface area contributed by atoms with E-state index in [1.54, 1.807) is 0 Å². The van der Waals surface area contributed by atoms with E-state index in [1.165, 1.54) is 6.42 Å². The second-order valence-corrected chi connectivity index (χ2v) is 7.93. The first-order valence-electron chi connectivity index (χ1n) is 5.81. The molecule has 1 amide bonds. The van der Waals surface area contributed by atoms with E-state index in [0.29, 0.717) is 11.2 Å². The molecule has 0 aliphatic heterocycles. The van der Waals surface area contributed by atoms with Gasteiger partial charge < -0.3 is 5.32 Å². The summed E-state index contributed by atoms with van der Waals surface area (Å²) in [4.78, 5) is 11.7. The van der Waals surface area contributed by atoms with Crippen molar-refractivity contribution in [3.8, 4) is 0 Å². The van der Waals surface area contributed by atoms with Gasteiger partial charge in [0.25, 0.3) is 0 Å². The highest BCUT2D eigenvalue weighted by molar-refractivity contribution is 9.09. The summed E-state index contributed by atoms with van der Waals surface area (Å²) in [6, 6.07) is 0. The Labute approximate surface area is 112 Å². The highest BCUT2D eigenvalue weighted by Gasteiger charge is 2.35. The molecular formula is C11H20BrNO3S. The van der Waals surface area contributed by atoms with Crippen molar-refractivity contribution in [3.63, 3.8) is 0 Å². The van der Waals surface area contributed by atoms with Crippen molar-refractivity contribution in [2.45, 2.75) is 38.1 Å². The molecule has 1 rings (SSSR count). The summed E-state index contributed by atoms with van der Waals surface area (Å²) in [5.41, 5.74) is -0.264. The number of rotatable bonds is 4. The maximum atomic E-state index is 11.7. The second-order valence-electron chi connectivity index (χ2n) is 5.23. The van der Waals surface area contributed by atoms with E-state index in [-0.39, 0.29) is 11.4 Å². The molecule has 4 nitrogen and oxygen atoms in total. The van der Waals surface area contributed by atoms with Gasteiger partial charge in [0.2, 0.25) is 5.91 Å². The van der Waals surface area contributed by atoms with Crippen molar-refractivity contribution in [2.24, 2.45) is 5.92 Å². The van der Waals surface area contributed by atoms with E-state index < -0.39 is 15.6 Å². The van der Waals surface area contributed by atoms with Crippen molar-refractivity contribution < 1.29 is 13.2 Å². The summed E-state index contributed by atoms with van der Waals surface area (Å²) in [6.07, 6.45) is 5.16. The van der Waals surface area contributed by atoms with E-state index in [0.717, 1.165) is 25.5 Å². The van der Waals surface area contributed by atoms with Crippen molar-refractivity contribution in [2.75, 3.05) is 17.3 Å². The Morgan fingerprint density at radius 3 is 2.65 bits per heavy atom. The normalized spacial score (nSPS) is 29.9. The minimum atomic E-state index is -3.25. The van der Waals surface area contributed by atoms with Gasteiger partial charge in [0.1, 0.15) is 5.75 Å². The van der Waals surface area contributed by atoms with Crippen LogP contribution in [0.3, 0.4) is 0 Å². The van der Waals surface area contributed by atoms with Crippen LogP contribution in [0.1, 0.15) is 32.6 Å². The summed E-state index contributed by atoms with van der Waals surface area (Å²) in [6.45, 7) is 2.17. The molecule has 0 bridgehead atoms. The molecule has 0 saturated heterocycles. The number of hydrogen-bond acceptors (Lipinski definition) is 3. The lowest BCUT2D eigenvalue weighted by atomic mass is 9.77. The Balaban J connectivity index is 2.65. The number of alkyl halides is 1. The standard InChI is InChI=1S/C11H20BrNO3S/c1-9-4-3-5-11(6-9,8-12)13-10(14)7-17(2,15)16/h9H,3-8H2,1-2H3,(H,13,14). The van der Waals surface area contributed by atoms with Crippen molar-refractivity contribution in [1.82, 2.24) is 5.32 Å². The molecule has 0 aromatic rings. The first kappa shape index (κ1) is 15.0. The van der Waals surface area contributed by atoms with Gasteiger partial charge in [0.15, 0.2) is 9.84 Å². The van der Waals surface area contributed by atoms with E-state index >= 15 is 0 Å². The number of halogens is 1. The zero-order valence-electron chi connectivity index (χ0n) is 10.3. The summed E-state index contributed by atoms with van der Waals surface area (Å²) >= 11 is 3.44. The lowest BCUT2D eigenvalue weighted by Crippen LogP contribution is -2.53. The number of sulfone groups is 1. The number of amides is 1. The number of carbonyl (C=O) groups is 1. The topological polar surface area (TPSA) is 63.2 Å². The van der Waals surface area contributed by atoms with Gasteiger partial charge in [0.05, 0.1) is 0 Å². The zero-order valence-corrected chi connectivity index (χ0v) is 12.7. The lowest BCUT2D eigenvalue weighted by molar-refractivity contribution is -0.120. The van der Waals surface area contributed by atoms with Crippen LogP contribution in [0.2, 0.25) is 0 Å². The average molecular weight is 326 g/mol. The maximum absolute atomic E-state index is 11.7. The van der Waals surface area contributed by atoms with Gasteiger partial charge in [-0.2, -0.15) is 0 Å². The van der Waals surface area contributed by atoms with Gasteiger partial charge >= 0.3 is 0 Å². The molecule has 1 N–H and O–H groups in total. The van der Waals surface area contributed by atoms with Crippen LogP contribution in [0.15, 0.2) is 0 Å². The Morgan fingerprint density at radius 2 is 2.18 bits per heavy atom. The summed E-state index contributed by atoms with van der Waals surface area (Å²) in [5, 5.41) is 3.58. The predicted molar refractivity (Wildman–Crippen MR) is 72.0 cm³/mol. The van der Waals surface area contributed by atoms with Gasteiger partial charge in [-0.15, -0.1) is 0 Å². The molecule has 0 aromatic carbocycles. The third-order valence-electron chi connectivity index (χ3n) is 3.15. The zero-order chi connectivity index (χ0) is 13.1. The van der Waals surface area contributed by atoms with Gasteiger partial charge in [0, 0.05) is 17.1 Å². The van der Waals surface area contributed by atoms with E-state index in [2.05, 4.69) is 28.2 Å². The first-order valence-corrected chi connectivity index (χ1v) is 8.99. The van der Waals surface area contributed by atoms with Crippen LogP contribution in [0, 0.1) is 5.92 Å². The Bertz CT molecular complexity index is 382. The fourth-order valence-corrected chi connectivity index (χ4v) is 3.70. The van der Waals surface area contributed by atoms with Crippen LogP contribution in [0.25, 0.3) is 0 Å². The molecule has 2 atom stereocenters. The van der Waals surface area contributed by atoms with Crippen molar-refractivity contribution in [1.29, 1.82) is 0 Å². The van der Waals surface area contributed by atoms with Gasteiger partial charge in [-0.1, -0.05) is 35.7 Å². The first-order chi connectivity index (χ1) is 7.76. The van der Waals surface area contributed by atoms with Gasteiger partial charge in [-0.05, 0) is 18.8 Å². The third kappa shape index (κ3) is 4.95. The SMILES string of the molecule is CC1CCCC(CBr)(NC(=O)CS(C)(=O)=O)C1. The van der Waals surface area contributed by atoms with Crippen molar-refractivity contribution >= 4 is 31.7 Å². The Morgan fingerprint density at radius 1 is 1.53 bits per heavy atom. The Hall–Kier alpha value is -0.100. The molecule has 0 radical (unpaired) electrons. The molecule has 1 aliphatic carbocycles. The molecule has 0 aromatic heterocycles. The smallest absolute Gasteiger partial charge is 0.235 e. The summed E-state index contributed by atoms with van der Waals surface area (Å²) in [5.74, 6) is -0.239. The van der Waals surface area contributed by atoms with Crippen LogP contribution in [0.4, 0.5) is 0 Å². The summed E-state index contributed by atoms with van der Waals surface area (Å²) < 4.78 is 22.1. The molecule has 1 saturated carbocycles. The minimum Gasteiger partial charge on any atom is -0.349 e.